The van der Waals surface area contributed by atoms with Gasteiger partial charge in [-0.3, -0.25) is 0 Å². The van der Waals surface area contributed by atoms with Crippen molar-refractivity contribution in [2.45, 2.75) is 27.0 Å². The Kier molecular flexibility index (Phi) is 6.51. The summed E-state index contributed by atoms with van der Waals surface area (Å²) in [4.78, 5) is 0. The van der Waals surface area contributed by atoms with E-state index in [9.17, 15) is 0 Å². The van der Waals surface area contributed by atoms with Gasteiger partial charge in [0.2, 0.25) is 0 Å². The third-order valence-electron chi connectivity index (χ3n) is 3.15. The SMILES string of the molecule is CC(C)CNCc1ccccc1OCc1ccc(I)cc1. The van der Waals surface area contributed by atoms with Gasteiger partial charge in [0.15, 0.2) is 0 Å². The highest BCUT2D eigenvalue weighted by molar-refractivity contribution is 14.1. The fourth-order valence-electron chi connectivity index (χ4n) is 2.03. The Morgan fingerprint density at radius 3 is 2.48 bits per heavy atom. The molecular formula is C18H22INO. The van der Waals surface area contributed by atoms with Crippen molar-refractivity contribution in [1.82, 2.24) is 5.32 Å². The van der Waals surface area contributed by atoms with Crippen molar-refractivity contribution in [2.75, 3.05) is 6.54 Å². The second-order valence-electron chi connectivity index (χ2n) is 5.55. The van der Waals surface area contributed by atoms with Gasteiger partial charge in [0.1, 0.15) is 12.4 Å². The lowest BCUT2D eigenvalue weighted by molar-refractivity contribution is 0.302. The molecule has 0 aromatic heterocycles. The Labute approximate surface area is 141 Å². The first-order valence-corrected chi connectivity index (χ1v) is 8.39. The standard InChI is InChI=1S/C18H22INO/c1-14(2)11-20-12-16-5-3-4-6-18(16)21-13-15-7-9-17(19)10-8-15/h3-10,14,20H,11-13H2,1-2H3. The summed E-state index contributed by atoms with van der Waals surface area (Å²) >= 11 is 2.31. The Hall–Kier alpha value is -1.07. The van der Waals surface area contributed by atoms with Gasteiger partial charge in [-0.2, -0.15) is 0 Å². The number of hydrogen-bond acceptors (Lipinski definition) is 2. The Bertz CT molecular complexity index is 551. The molecule has 0 aliphatic carbocycles. The van der Waals surface area contributed by atoms with Crippen LogP contribution in [0, 0.1) is 9.49 Å². The van der Waals surface area contributed by atoms with E-state index in [1.165, 1.54) is 14.7 Å². The largest absolute Gasteiger partial charge is 0.489 e. The number of ether oxygens (including phenoxy) is 1. The van der Waals surface area contributed by atoms with Crippen LogP contribution >= 0.6 is 22.6 Å². The highest BCUT2D eigenvalue weighted by Gasteiger charge is 2.04. The van der Waals surface area contributed by atoms with Crippen LogP contribution in [-0.2, 0) is 13.2 Å². The minimum Gasteiger partial charge on any atom is -0.489 e. The molecule has 0 heterocycles. The van der Waals surface area contributed by atoms with E-state index >= 15 is 0 Å². The summed E-state index contributed by atoms with van der Waals surface area (Å²) in [7, 11) is 0. The lowest BCUT2D eigenvalue weighted by Crippen LogP contribution is -2.19. The molecule has 112 valence electrons. The predicted octanol–water partition coefficient (Wildman–Crippen LogP) is 4.62. The van der Waals surface area contributed by atoms with E-state index in [2.05, 4.69) is 78.2 Å². The number of nitrogens with one attached hydrogen (secondary N) is 1. The topological polar surface area (TPSA) is 21.3 Å². The molecule has 0 fully saturated rings. The molecule has 1 N–H and O–H groups in total. The second kappa shape index (κ2) is 8.39. The van der Waals surface area contributed by atoms with Crippen LogP contribution in [0.2, 0.25) is 0 Å². The van der Waals surface area contributed by atoms with E-state index in [1.807, 2.05) is 12.1 Å². The molecule has 0 radical (unpaired) electrons. The van der Waals surface area contributed by atoms with Crippen molar-refractivity contribution in [3.63, 3.8) is 0 Å². The molecule has 0 amide bonds. The molecular weight excluding hydrogens is 373 g/mol. The Morgan fingerprint density at radius 2 is 1.76 bits per heavy atom. The summed E-state index contributed by atoms with van der Waals surface area (Å²) in [6.07, 6.45) is 0. The van der Waals surface area contributed by atoms with Crippen LogP contribution in [0.5, 0.6) is 5.75 Å². The van der Waals surface area contributed by atoms with Crippen LogP contribution in [0.4, 0.5) is 0 Å². The monoisotopic (exact) mass is 395 g/mol. The molecule has 0 aliphatic rings. The third-order valence-corrected chi connectivity index (χ3v) is 3.87. The smallest absolute Gasteiger partial charge is 0.124 e. The molecule has 0 aliphatic heterocycles. The van der Waals surface area contributed by atoms with Crippen molar-refractivity contribution in [3.8, 4) is 5.75 Å². The van der Waals surface area contributed by atoms with Gasteiger partial charge in [-0.1, -0.05) is 44.2 Å². The average molecular weight is 395 g/mol. The molecule has 21 heavy (non-hydrogen) atoms. The van der Waals surface area contributed by atoms with E-state index < -0.39 is 0 Å². The van der Waals surface area contributed by atoms with E-state index in [-0.39, 0.29) is 0 Å². The molecule has 0 spiro atoms. The number of benzene rings is 2. The Morgan fingerprint density at radius 1 is 1.05 bits per heavy atom. The lowest BCUT2D eigenvalue weighted by Gasteiger charge is -2.13. The van der Waals surface area contributed by atoms with Crippen molar-refractivity contribution in [3.05, 3.63) is 63.2 Å². The van der Waals surface area contributed by atoms with E-state index in [0.717, 1.165) is 18.8 Å². The van der Waals surface area contributed by atoms with Crippen molar-refractivity contribution in [1.29, 1.82) is 0 Å². The predicted molar refractivity (Wildman–Crippen MR) is 96.5 cm³/mol. The molecule has 0 atom stereocenters. The molecule has 0 saturated carbocycles. The third kappa shape index (κ3) is 5.67. The van der Waals surface area contributed by atoms with Crippen LogP contribution in [0.3, 0.4) is 0 Å². The fourth-order valence-corrected chi connectivity index (χ4v) is 2.39. The molecule has 2 aromatic rings. The van der Waals surface area contributed by atoms with Gasteiger partial charge in [-0.25, -0.2) is 0 Å². The van der Waals surface area contributed by atoms with Gasteiger partial charge in [-0.15, -0.1) is 0 Å². The maximum Gasteiger partial charge on any atom is 0.124 e. The van der Waals surface area contributed by atoms with Crippen LogP contribution in [0.1, 0.15) is 25.0 Å². The van der Waals surface area contributed by atoms with E-state index in [1.54, 1.807) is 0 Å². The minimum absolute atomic E-state index is 0.609. The molecule has 0 bridgehead atoms. The van der Waals surface area contributed by atoms with E-state index in [0.29, 0.717) is 12.5 Å². The first-order valence-electron chi connectivity index (χ1n) is 7.31. The summed E-state index contributed by atoms with van der Waals surface area (Å²) in [5, 5.41) is 3.47. The lowest BCUT2D eigenvalue weighted by atomic mass is 10.1. The maximum absolute atomic E-state index is 5.98. The van der Waals surface area contributed by atoms with Gasteiger partial charge in [0, 0.05) is 15.7 Å². The summed E-state index contributed by atoms with van der Waals surface area (Å²) in [6.45, 7) is 6.91. The number of halogens is 1. The molecule has 2 rings (SSSR count). The molecule has 2 aromatic carbocycles. The maximum atomic E-state index is 5.98. The quantitative estimate of drug-likeness (QED) is 0.691. The molecule has 0 unspecified atom stereocenters. The zero-order valence-electron chi connectivity index (χ0n) is 12.6. The normalized spacial score (nSPS) is 10.9. The van der Waals surface area contributed by atoms with Crippen molar-refractivity contribution >= 4 is 22.6 Å². The number of rotatable bonds is 7. The van der Waals surface area contributed by atoms with Gasteiger partial charge in [0.25, 0.3) is 0 Å². The van der Waals surface area contributed by atoms with Gasteiger partial charge in [-0.05, 0) is 58.8 Å². The second-order valence-corrected chi connectivity index (χ2v) is 6.79. The summed E-state index contributed by atoms with van der Waals surface area (Å²) in [5.74, 6) is 1.62. The highest BCUT2D eigenvalue weighted by Crippen LogP contribution is 2.19. The van der Waals surface area contributed by atoms with Crippen LogP contribution < -0.4 is 10.1 Å². The summed E-state index contributed by atoms with van der Waals surface area (Å²) < 4.78 is 7.22. The minimum atomic E-state index is 0.609. The van der Waals surface area contributed by atoms with E-state index in [4.69, 9.17) is 4.74 Å². The number of hydrogen-bond donors (Lipinski definition) is 1. The molecule has 2 nitrogen and oxygen atoms in total. The fraction of sp³-hybridized carbons (Fsp3) is 0.333. The van der Waals surface area contributed by atoms with Crippen LogP contribution in [0.25, 0.3) is 0 Å². The zero-order valence-corrected chi connectivity index (χ0v) is 14.8. The van der Waals surface area contributed by atoms with Gasteiger partial charge < -0.3 is 10.1 Å². The zero-order chi connectivity index (χ0) is 15.1. The van der Waals surface area contributed by atoms with Gasteiger partial charge >= 0.3 is 0 Å². The first-order chi connectivity index (χ1) is 10.1. The number of para-hydroxylation sites is 1. The van der Waals surface area contributed by atoms with Crippen molar-refractivity contribution < 1.29 is 4.74 Å². The Balaban J connectivity index is 1.94. The van der Waals surface area contributed by atoms with Crippen LogP contribution in [0.15, 0.2) is 48.5 Å². The average Bonchev–Trinajstić information content (AvgIpc) is 2.47. The molecule has 0 saturated heterocycles. The summed E-state index contributed by atoms with van der Waals surface area (Å²) in [6, 6.07) is 16.7. The van der Waals surface area contributed by atoms with Crippen LogP contribution in [-0.4, -0.2) is 6.54 Å². The molecule has 3 heteroatoms. The van der Waals surface area contributed by atoms with Crippen molar-refractivity contribution in [2.24, 2.45) is 5.92 Å². The highest BCUT2D eigenvalue weighted by atomic mass is 127. The van der Waals surface area contributed by atoms with Gasteiger partial charge in [0.05, 0.1) is 0 Å². The summed E-state index contributed by atoms with van der Waals surface area (Å²) in [5.41, 5.74) is 2.41. The first kappa shape index (κ1) is 16.3.